The molecule has 40 heavy (non-hydrogen) atoms. The average Bonchev–Trinajstić information content (AvgIpc) is 3.50. The van der Waals surface area contributed by atoms with E-state index in [0.29, 0.717) is 34.9 Å². The minimum Gasteiger partial charge on any atom is -0.473 e. The number of terminal acetylenes is 2. The first-order valence-electron chi connectivity index (χ1n) is 12.5. The Bertz CT molecular complexity index is 1510. The Kier molecular flexibility index (Phi) is 10.4. The predicted molar refractivity (Wildman–Crippen MR) is 152 cm³/mol. The van der Waals surface area contributed by atoms with Gasteiger partial charge >= 0.3 is 6.09 Å². The lowest BCUT2D eigenvalue weighted by molar-refractivity contribution is 0.0519. The summed E-state index contributed by atoms with van der Waals surface area (Å²) in [6, 6.07) is 18.9. The van der Waals surface area contributed by atoms with E-state index in [9.17, 15) is 9.59 Å². The molecule has 0 saturated heterocycles. The maximum atomic E-state index is 11.6. The SMILES string of the molecule is C#CCc1c(-c2ccccc2)o[nH]c1=O.C#CCc1c(OCCNC(=O)OC(C)(C)C)noc1-c1ccccc1. The summed E-state index contributed by atoms with van der Waals surface area (Å²) in [5.74, 6) is 6.48. The number of rotatable bonds is 8. The minimum atomic E-state index is -0.540. The molecule has 0 unspecified atom stereocenters. The number of ether oxygens (including phenoxy) is 2. The van der Waals surface area contributed by atoms with Crippen molar-refractivity contribution in [3.8, 4) is 53.2 Å². The van der Waals surface area contributed by atoms with Gasteiger partial charge in [-0.05, 0) is 25.9 Å². The van der Waals surface area contributed by atoms with Crippen molar-refractivity contribution in [3.05, 3.63) is 82.1 Å². The van der Waals surface area contributed by atoms with Crippen molar-refractivity contribution in [2.24, 2.45) is 0 Å². The van der Waals surface area contributed by atoms with Gasteiger partial charge in [-0.1, -0.05) is 60.7 Å². The third-order valence-electron chi connectivity index (χ3n) is 5.18. The Morgan fingerprint density at radius 3 is 2.10 bits per heavy atom. The zero-order valence-corrected chi connectivity index (χ0v) is 22.7. The summed E-state index contributed by atoms with van der Waals surface area (Å²) in [4.78, 5) is 22.9. The molecule has 2 N–H and O–H groups in total. The molecule has 0 saturated carbocycles. The first-order chi connectivity index (χ1) is 19.2. The number of aromatic nitrogens is 2. The van der Waals surface area contributed by atoms with Gasteiger partial charge in [0.15, 0.2) is 11.5 Å². The van der Waals surface area contributed by atoms with Crippen molar-refractivity contribution < 1.29 is 23.3 Å². The van der Waals surface area contributed by atoms with Crippen molar-refractivity contribution in [2.75, 3.05) is 13.2 Å². The Labute approximate surface area is 232 Å². The molecule has 0 spiro atoms. The number of hydrogen-bond acceptors (Lipinski definition) is 7. The van der Waals surface area contributed by atoms with Crippen LogP contribution in [-0.2, 0) is 17.6 Å². The summed E-state index contributed by atoms with van der Waals surface area (Å²) in [5.41, 5.74) is 2.14. The highest BCUT2D eigenvalue weighted by molar-refractivity contribution is 5.67. The first kappa shape index (κ1) is 29.4. The molecule has 0 bridgehead atoms. The highest BCUT2D eigenvalue weighted by Crippen LogP contribution is 2.30. The number of amides is 1. The second kappa shape index (κ2) is 14.1. The van der Waals surface area contributed by atoms with Gasteiger partial charge in [-0.25, -0.2) is 4.79 Å². The van der Waals surface area contributed by atoms with Crippen LogP contribution >= 0.6 is 0 Å². The fourth-order valence-electron chi connectivity index (χ4n) is 3.51. The topological polar surface area (TPSA) is 120 Å². The average molecular weight is 542 g/mol. The number of carbonyl (C=O) groups is 1. The molecule has 4 rings (SSSR count). The van der Waals surface area contributed by atoms with Gasteiger partial charge in [-0.3, -0.25) is 4.79 Å². The van der Waals surface area contributed by atoms with Crippen LogP contribution in [0.1, 0.15) is 31.9 Å². The zero-order chi connectivity index (χ0) is 29.0. The molecule has 206 valence electrons. The molecule has 2 heterocycles. The van der Waals surface area contributed by atoms with Crippen LogP contribution in [0.25, 0.3) is 22.6 Å². The van der Waals surface area contributed by atoms with Crippen LogP contribution in [0.2, 0.25) is 0 Å². The van der Waals surface area contributed by atoms with Gasteiger partial charge in [0.2, 0.25) is 0 Å². The second-order valence-corrected chi connectivity index (χ2v) is 9.41. The van der Waals surface area contributed by atoms with Gasteiger partial charge in [0.1, 0.15) is 12.2 Å². The second-order valence-electron chi connectivity index (χ2n) is 9.41. The molecule has 0 fully saturated rings. The van der Waals surface area contributed by atoms with E-state index in [2.05, 4.69) is 27.5 Å². The highest BCUT2D eigenvalue weighted by atomic mass is 16.6. The summed E-state index contributed by atoms with van der Waals surface area (Å²) < 4.78 is 21.2. The summed E-state index contributed by atoms with van der Waals surface area (Å²) >= 11 is 0. The zero-order valence-electron chi connectivity index (χ0n) is 22.7. The van der Waals surface area contributed by atoms with E-state index in [1.54, 1.807) is 20.8 Å². The van der Waals surface area contributed by atoms with E-state index in [1.807, 2.05) is 60.7 Å². The minimum absolute atomic E-state index is 0.220. The number of nitrogens with one attached hydrogen (secondary N) is 2. The van der Waals surface area contributed by atoms with Crippen molar-refractivity contribution >= 4 is 6.09 Å². The third kappa shape index (κ3) is 8.44. The predicted octanol–water partition coefficient (Wildman–Crippen LogP) is 5.23. The lowest BCUT2D eigenvalue weighted by atomic mass is 10.1. The van der Waals surface area contributed by atoms with E-state index in [-0.39, 0.29) is 25.1 Å². The fourth-order valence-corrected chi connectivity index (χ4v) is 3.51. The van der Waals surface area contributed by atoms with E-state index in [4.69, 9.17) is 31.4 Å². The van der Waals surface area contributed by atoms with E-state index >= 15 is 0 Å². The van der Waals surface area contributed by atoms with Crippen LogP contribution in [0.4, 0.5) is 4.79 Å². The van der Waals surface area contributed by atoms with Crippen LogP contribution in [0.15, 0.2) is 74.5 Å². The lowest BCUT2D eigenvalue weighted by Crippen LogP contribution is -2.34. The molecular formula is C31H31N3O6. The molecular weight excluding hydrogens is 510 g/mol. The van der Waals surface area contributed by atoms with Gasteiger partial charge in [0, 0.05) is 24.0 Å². The van der Waals surface area contributed by atoms with Crippen molar-refractivity contribution in [2.45, 2.75) is 39.2 Å². The number of hydrogen-bond donors (Lipinski definition) is 2. The molecule has 0 aliphatic heterocycles. The van der Waals surface area contributed by atoms with Gasteiger partial charge in [0.05, 0.1) is 17.7 Å². The van der Waals surface area contributed by atoms with Gasteiger partial charge in [-0.2, -0.15) is 5.16 Å². The molecule has 2 aromatic heterocycles. The highest BCUT2D eigenvalue weighted by Gasteiger charge is 2.19. The Morgan fingerprint density at radius 2 is 1.52 bits per heavy atom. The lowest BCUT2D eigenvalue weighted by Gasteiger charge is -2.19. The van der Waals surface area contributed by atoms with Gasteiger partial charge < -0.3 is 23.8 Å². The number of aromatic amines is 1. The Balaban J connectivity index is 0.000000249. The number of benzene rings is 2. The van der Waals surface area contributed by atoms with Crippen molar-refractivity contribution in [1.29, 1.82) is 0 Å². The normalized spacial score (nSPS) is 10.4. The maximum Gasteiger partial charge on any atom is 0.407 e. The van der Waals surface area contributed by atoms with Crippen LogP contribution in [0.3, 0.4) is 0 Å². The van der Waals surface area contributed by atoms with Gasteiger partial charge in [0.25, 0.3) is 11.4 Å². The monoisotopic (exact) mass is 541 g/mol. The van der Waals surface area contributed by atoms with Gasteiger partial charge in [-0.15, -0.1) is 24.7 Å². The Morgan fingerprint density at radius 1 is 0.950 bits per heavy atom. The standard InChI is InChI=1S/C19H22N2O4.C12H9NO2/c1-5-9-15-16(14-10-7-6-8-11-14)25-21-17(15)23-13-12-20-18(22)24-19(2,3)4;1-2-6-10-11(15-13-12(10)14)9-7-4-3-5-8-9/h1,6-8,10-11H,9,12-13H2,2-4H3,(H,20,22);1,3-5,7-8H,6H2,(H,13,14). The third-order valence-corrected chi connectivity index (χ3v) is 5.18. The summed E-state index contributed by atoms with van der Waals surface area (Å²) in [6.45, 7) is 5.90. The summed E-state index contributed by atoms with van der Waals surface area (Å²) in [7, 11) is 0. The Hall–Kier alpha value is -5.15. The van der Waals surface area contributed by atoms with Crippen LogP contribution in [0, 0.1) is 24.7 Å². The molecule has 0 aliphatic rings. The summed E-state index contributed by atoms with van der Waals surface area (Å²) in [5, 5.41) is 8.86. The molecule has 0 atom stereocenters. The van der Waals surface area contributed by atoms with Crippen molar-refractivity contribution in [3.63, 3.8) is 0 Å². The van der Waals surface area contributed by atoms with Crippen LogP contribution in [0.5, 0.6) is 5.88 Å². The smallest absolute Gasteiger partial charge is 0.407 e. The summed E-state index contributed by atoms with van der Waals surface area (Å²) in [6.07, 6.45) is 10.7. The van der Waals surface area contributed by atoms with E-state index < -0.39 is 11.7 Å². The molecule has 9 nitrogen and oxygen atoms in total. The largest absolute Gasteiger partial charge is 0.473 e. The van der Waals surface area contributed by atoms with E-state index in [0.717, 1.165) is 11.1 Å². The number of nitrogens with zero attached hydrogens (tertiary/aromatic N) is 1. The molecule has 9 heteroatoms. The van der Waals surface area contributed by atoms with Crippen molar-refractivity contribution in [1.82, 2.24) is 15.6 Å². The quantitative estimate of drug-likeness (QED) is 0.231. The molecule has 2 aromatic carbocycles. The maximum absolute atomic E-state index is 11.6. The number of H-pyrrole nitrogens is 1. The van der Waals surface area contributed by atoms with E-state index in [1.165, 1.54) is 0 Å². The fraction of sp³-hybridized carbons (Fsp3) is 0.258. The van der Waals surface area contributed by atoms with Crippen LogP contribution in [-0.4, -0.2) is 35.2 Å². The molecule has 0 aliphatic carbocycles. The molecule has 0 radical (unpaired) electrons. The first-order valence-corrected chi connectivity index (χ1v) is 12.5. The number of carbonyl (C=O) groups excluding carboxylic acids is 1. The molecule has 4 aromatic rings. The number of alkyl carbamates (subject to hydrolysis) is 1. The molecule has 1 amide bonds. The van der Waals surface area contributed by atoms with Crippen LogP contribution < -0.4 is 15.6 Å².